The fourth-order valence-electron chi connectivity index (χ4n) is 1.09. The molecular formula is C9H17N3. The Bertz CT molecular complexity index is 240. The van der Waals surface area contributed by atoms with E-state index in [1.165, 1.54) is 5.56 Å². The lowest BCUT2D eigenvalue weighted by molar-refractivity contribution is 0.490. The Kier molecular flexibility index (Phi) is 2.87. The van der Waals surface area contributed by atoms with Crippen LogP contribution in [-0.2, 0) is 13.5 Å². The average Bonchev–Trinajstić information content (AvgIpc) is 2.35. The fourth-order valence-corrected chi connectivity index (χ4v) is 1.09. The molecular weight excluding hydrogens is 150 g/mol. The van der Waals surface area contributed by atoms with E-state index in [-0.39, 0.29) is 6.04 Å². The van der Waals surface area contributed by atoms with E-state index in [1.54, 1.807) is 0 Å². The van der Waals surface area contributed by atoms with Crippen molar-refractivity contribution in [1.29, 1.82) is 0 Å². The molecule has 1 rings (SSSR count). The zero-order valence-electron chi connectivity index (χ0n) is 7.99. The summed E-state index contributed by atoms with van der Waals surface area (Å²) in [6, 6.07) is 0.245. The maximum absolute atomic E-state index is 5.92. The zero-order valence-corrected chi connectivity index (χ0v) is 7.99. The summed E-state index contributed by atoms with van der Waals surface area (Å²) >= 11 is 0. The number of hydrogen-bond acceptors (Lipinski definition) is 2. The molecule has 0 aliphatic carbocycles. The van der Waals surface area contributed by atoms with Crippen molar-refractivity contribution in [2.24, 2.45) is 18.7 Å². The van der Waals surface area contributed by atoms with Gasteiger partial charge in [-0.25, -0.2) is 0 Å². The first-order valence-corrected chi connectivity index (χ1v) is 4.32. The van der Waals surface area contributed by atoms with Gasteiger partial charge in [0, 0.05) is 19.3 Å². The summed E-state index contributed by atoms with van der Waals surface area (Å²) in [7, 11) is 1.92. The van der Waals surface area contributed by atoms with Gasteiger partial charge in [-0.05, 0) is 17.9 Å². The fraction of sp³-hybridized carbons (Fsp3) is 0.667. The zero-order chi connectivity index (χ0) is 9.14. The second kappa shape index (κ2) is 3.72. The normalized spacial score (nSPS) is 13.8. The molecule has 0 saturated heterocycles. The molecule has 0 aliphatic heterocycles. The molecule has 0 radical (unpaired) electrons. The highest BCUT2D eigenvalue weighted by Crippen LogP contribution is 2.06. The number of aryl methyl sites for hydroxylation is 1. The molecule has 2 N–H and O–H groups in total. The van der Waals surface area contributed by atoms with Crippen molar-refractivity contribution in [1.82, 2.24) is 9.78 Å². The van der Waals surface area contributed by atoms with Crippen LogP contribution >= 0.6 is 0 Å². The number of hydrogen-bond donors (Lipinski definition) is 1. The van der Waals surface area contributed by atoms with Crippen molar-refractivity contribution in [3.05, 3.63) is 18.0 Å². The Labute approximate surface area is 73.6 Å². The van der Waals surface area contributed by atoms with Crippen LogP contribution in [0.15, 0.2) is 12.4 Å². The first-order valence-electron chi connectivity index (χ1n) is 4.32. The first-order chi connectivity index (χ1) is 5.59. The maximum Gasteiger partial charge on any atom is 0.0522 e. The Morgan fingerprint density at radius 2 is 2.25 bits per heavy atom. The predicted molar refractivity (Wildman–Crippen MR) is 49.7 cm³/mol. The Balaban J connectivity index is 2.52. The summed E-state index contributed by atoms with van der Waals surface area (Å²) < 4.78 is 1.81. The Hall–Kier alpha value is -0.830. The van der Waals surface area contributed by atoms with Gasteiger partial charge in [-0.3, -0.25) is 4.68 Å². The summed E-state index contributed by atoms with van der Waals surface area (Å²) in [5.41, 5.74) is 7.14. The van der Waals surface area contributed by atoms with Crippen LogP contribution in [0.4, 0.5) is 0 Å². The van der Waals surface area contributed by atoms with Crippen LogP contribution in [0.1, 0.15) is 19.4 Å². The van der Waals surface area contributed by atoms with Crippen molar-refractivity contribution in [2.75, 3.05) is 0 Å². The van der Waals surface area contributed by atoms with Crippen molar-refractivity contribution < 1.29 is 0 Å². The van der Waals surface area contributed by atoms with Gasteiger partial charge in [0.25, 0.3) is 0 Å². The highest BCUT2D eigenvalue weighted by atomic mass is 15.2. The van der Waals surface area contributed by atoms with Crippen LogP contribution in [-0.4, -0.2) is 15.8 Å². The topological polar surface area (TPSA) is 43.8 Å². The predicted octanol–water partition coefficient (Wildman–Crippen LogP) is 0.946. The summed E-state index contributed by atoms with van der Waals surface area (Å²) in [5.74, 6) is 0.533. The molecule has 0 amide bonds. The van der Waals surface area contributed by atoms with Crippen molar-refractivity contribution >= 4 is 0 Å². The van der Waals surface area contributed by atoms with E-state index in [0.717, 1.165) is 6.42 Å². The van der Waals surface area contributed by atoms with Gasteiger partial charge in [-0.2, -0.15) is 5.10 Å². The van der Waals surface area contributed by atoms with Gasteiger partial charge in [0.2, 0.25) is 0 Å². The van der Waals surface area contributed by atoms with Gasteiger partial charge in [-0.1, -0.05) is 13.8 Å². The largest absolute Gasteiger partial charge is 0.327 e. The molecule has 1 atom stereocenters. The SMILES string of the molecule is CC(C)C(N)Cc1cnn(C)c1. The second-order valence-electron chi connectivity index (χ2n) is 3.63. The number of nitrogens with two attached hydrogens (primary N) is 1. The molecule has 3 heteroatoms. The monoisotopic (exact) mass is 167 g/mol. The maximum atomic E-state index is 5.92. The highest BCUT2D eigenvalue weighted by Gasteiger charge is 2.08. The highest BCUT2D eigenvalue weighted by molar-refractivity contribution is 5.05. The molecule has 0 aliphatic rings. The minimum absolute atomic E-state index is 0.245. The van der Waals surface area contributed by atoms with E-state index < -0.39 is 0 Å². The van der Waals surface area contributed by atoms with Crippen LogP contribution < -0.4 is 5.73 Å². The Morgan fingerprint density at radius 1 is 1.58 bits per heavy atom. The van der Waals surface area contributed by atoms with Crippen molar-refractivity contribution in [2.45, 2.75) is 26.3 Å². The minimum Gasteiger partial charge on any atom is -0.327 e. The van der Waals surface area contributed by atoms with Crippen LogP contribution in [0.2, 0.25) is 0 Å². The van der Waals surface area contributed by atoms with Gasteiger partial charge in [0.1, 0.15) is 0 Å². The van der Waals surface area contributed by atoms with Gasteiger partial charge in [-0.15, -0.1) is 0 Å². The van der Waals surface area contributed by atoms with E-state index in [4.69, 9.17) is 5.73 Å². The third-order valence-electron chi connectivity index (χ3n) is 2.09. The van der Waals surface area contributed by atoms with E-state index in [1.807, 2.05) is 24.1 Å². The third kappa shape index (κ3) is 2.34. The number of nitrogens with zero attached hydrogens (tertiary/aromatic N) is 2. The lowest BCUT2D eigenvalue weighted by atomic mass is 9.99. The van der Waals surface area contributed by atoms with E-state index in [2.05, 4.69) is 18.9 Å². The molecule has 0 bridgehead atoms. The van der Waals surface area contributed by atoms with E-state index in [0.29, 0.717) is 5.92 Å². The molecule has 1 heterocycles. The lowest BCUT2D eigenvalue weighted by Gasteiger charge is -2.13. The first kappa shape index (κ1) is 9.26. The van der Waals surface area contributed by atoms with Gasteiger partial charge in [0.15, 0.2) is 0 Å². The summed E-state index contributed by atoms with van der Waals surface area (Å²) in [6.07, 6.45) is 4.82. The standard InChI is InChI=1S/C9H17N3/c1-7(2)9(10)4-8-5-11-12(3)6-8/h5-7,9H,4,10H2,1-3H3. The molecule has 0 saturated carbocycles. The smallest absolute Gasteiger partial charge is 0.0522 e. The summed E-state index contributed by atoms with van der Waals surface area (Å²) in [5, 5.41) is 4.09. The number of rotatable bonds is 3. The molecule has 68 valence electrons. The summed E-state index contributed by atoms with van der Waals surface area (Å²) in [4.78, 5) is 0. The molecule has 1 aromatic rings. The number of aromatic nitrogens is 2. The molecule has 3 nitrogen and oxygen atoms in total. The lowest BCUT2D eigenvalue weighted by Crippen LogP contribution is -2.28. The average molecular weight is 167 g/mol. The molecule has 0 fully saturated rings. The Morgan fingerprint density at radius 3 is 2.67 bits per heavy atom. The van der Waals surface area contributed by atoms with Crippen molar-refractivity contribution in [3.8, 4) is 0 Å². The molecule has 0 aromatic carbocycles. The van der Waals surface area contributed by atoms with E-state index >= 15 is 0 Å². The van der Waals surface area contributed by atoms with Gasteiger partial charge >= 0.3 is 0 Å². The van der Waals surface area contributed by atoms with Gasteiger partial charge in [0.05, 0.1) is 6.20 Å². The molecule has 0 spiro atoms. The molecule has 1 unspecified atom stereocenters. The van der Waals surface area contributed by atoms with Crippen LogP contribution in [0.5, 0.6) is 0 Å². The van der Waals surface area contributed by atoms with E-state index in [9.17, 15) is 0 Å². The molecule has 12 heavy (non-hydrogen) atoms. The van der Waals surface area contributed by atoms with Crippen molar-refractivity contribution in [3.63, 3.8) is 0 Å². The second-order valence-corrected chi connectivity index (χ2v) is 3.63. The third-order valence-corrected chi connectivity index (χ3v) is 2.09. The minimum atomic E-state index is 0.245. The molecule has 1 aromatic heterocycles. The van der Waals surface area contributed by atoms with Crippen LogP contribution in [0.3, 0.4) is 0 Å². The summed E-state index contributed by atoms with van der Waals surface area (Å²) in [6.45, 7) is 4.28. The quantitative estimate of drug-likeness (QED) is 0.728. The van der Waals surface area contributed by atoms with Gasteiger partial charge < -0.3 is 5.73 Å². The van der Waals surface area contributed by atoms with Crippen LogP contribution in [0.25, 0.3) is 0 Å². The van der Waals surface area contributed by atoms with Crippen LogP contribution in [0, 0.1) is 5.92 Å².